The molecule has 0 bridgehead atoms. The lowest BCUT2D eigenvalue weighted by Gasteiger charge is -2.28. The van der Waals surface area contributed by atoms with E-state index in [9.17, 15) is 18.2 Å². The third-order valence-corrected chi connectivity index (χ3v) is 4.62. The lowest BCUT2D eigenvalue weighted by atomic mass is 10.1. The molecule has 0 fully saturated rings. The molecule has 3 nitrogen and oxygen atoms in total. The zero-order valence-electron chi connectivity index (χ0n) is 10.9. The Labute approximate surface area is 119 Å². The normalized spacial score (nSPS) is 16.2. The third kappa shape index (κ3) is 4.09. The highest BCUT2D eigenvalue weighted by molar-refractivity contribution is 9.08. The van der Waals surface area contributed by atoms with E-state index in [0.717, 1.165) is 17.7 Å². The summed E-state index contributed by atoms with van der Waals surface area (Å²) in [6.07, 6.45) is 0. The molecule has 1 aromatic rings. The minimum absolute atomic E-state index is 0.522. The van der Waals surface area contributed by atoms with Gasteiger partial charge in [0.05, 0.1) is 5.60 Å². The largest absolute Gasteiger partial charge is 0.402 e. The van der Waals surface area contributed by atoms with E-state index in [0.29, 0.717) is 5.33 Å². The monoisotopic (exact) mass is 356 g/mol. The molecular formula is C12H16BrF2O3P. The van der Waals surface area contributed by atoms with Crippen molar-refractivity contribution in [2.75, 3.05) is 0 Å². The standard InChI is InChI=1S/C12H16BrF2O3P/c1-11(2,3)18-19(16,17)12(14,15)10-6-4-9(8-13)5-7-10/h4-7H,8H2,1-3H3,(H,16,17). The van der Waals surface area contributed by atoms with E-state index in [1.807, 2.05) is 0 Å². The average molecular weight is 357 g/mol. The Kier molecular flexibility index (Phi) is 4.94. The first-order valence-corrected chi connectivity index (χ1v) is 8.26. The molecule has 0 aliphatic carbocycles. The third-order valence-electron chi connectivity index (χ3n) is 2.21. The van der Waals surface area contributed by atoms with Crippen LogP contribution in [0.25, 0.3) is 0 Å². The van der Waals surface area contributed by atoms with Crippen LogP contribution in [-0.2, 0) is 20.1 Å². The van der Waals surface area contributed by atoms with Gasteiger partial charge < -0.3 is 4.89 Å². The fourth-order valence-corrected chi connectivity index (χ4v) is 3.09. The Morgan fingerprint density at radius 2 is 1.74 bits per heavy atom. The summed E-state index contributed by atoms with van der Waals surface area (Å²) in [5, 5.41) is 0.522. The van der Waals surface area contributed by atoms with Crippen molar-refractivity contribution in [3.63, 3.8) is 0 Å². The first-order valence-electron chi connectivity index (χ1n) is 5.56. The molecule has 1 aromatic carbocycles. The molecule has 0 aromatic heterocycles. The molecule has 0 amide bonds. The van der Waals surface area contributed by atoms with E-state index in [4.69, 9.17) is 0 Å². The van der Waals surface area contributed by atoms with Crippen molar-refractivity contribution < 1.29 is 22.8 Å². The quantitative estimate of drug-likeness (QED) is 0.631. The van der Waals surface area contributed by atoms with E-state index >= 15 is 0 Å². The van der Waals surface area contributed by atoms with Gasteiger partial charge >= 0.3 is 13.3 Å². The fraction of sp³-hybridized carbons (Fsp3) is 0.500. The number of alkyl halides is 3. The predicted octanol–water partition coefficient (Wildman–Crippen LogP) is 4.63. The second-order valence-electron chi connectivity index (χ2n) is 5.10. The van der Waals surface area contributed by atoms with Gasteiger partial charge in [0.1, 0.15) is 0 Å². The molecule has 1 unspecified atom stereocenters. The number of halogens is 3. The average Bonchev–Trinajstić information content (AvgIpc) is 2.25. The van der Waals surface area contributed by atoms with Crippen LogP contribution in [-0.4, -0.2) is 10.5 Å². The molecule has 7 heteroatoms. The van der Waals surface area contributed by atoms with Crippen molar-refractivity contribution in [1.82, 2.24) is 0 Å². The maximum Gasteiger partial charge on any atom is 0.402 e. The molecule has 0 aliphatic rings. The van der Waals surface area contributed by atoms with E-state index < -0.39 is 24.4 Å². The van der Waals surface area contributed by atoms with Gasteiger partial charge in [-0.05, 0) is 26.3 Å². The van der Waals surface area contributed by atoms with Gasteiger partial charge in [0.25, 0.3) is 0 Å². The van der Waals surface area contributed by atoms with Crippen LogP contribution in [0.4, 0.5) is 8.78 Å². The first-order chi connectivity index (χ1) is 8.49. The maximum absolute atomic E-state index is 14.0. The Hall–Kier alpha value is -0.290. The Bertz CT molecular complexity index is 483. The number of rotatable bonds is 4. The van der Waals surface area contributed by atoms with Crippen molar-refractivity contribution in [2.24, 2.45) is 0 Å². The second kappa shape index (κ2) is 5.60. The predicted molar refractivity (Wildman–Crippen MR) is 73.6 cm³/mol. The summed E-state index contributed by atoms with van der Waals surface area (Å²) < 4.78 is 44.5. The molecule has 0 saturated carbocycles. The minimum Gasteiger partial charge on any atom is -0.320 e. The van der Waals surface area contributed by atoms with Crippen molar-refractivity contribution in [1.29, 1.82) is 0 Å². The van der Waals surface area contributed by atoms with Gasteiger partial charge in [-0.2, -0.15) is 8.78 Å². The van der Waals surface area contributed by atoms with Crippen LogP contribution in [0, 0.1) is 0 Å². The van der Waals surface area contributed by atoms with Crippen LogP contribution in [0.1, 0.15) is 31.9 Å². The van der Waals surface area contributed by atoms with Gasteiger partial charge in [-0.3, -0.25) is 9.09 Å². The van der Waals surface area contributed by atoms with Crippen LogP contribution < -0.4 is 0 Å². The summed E-state index contributed by atoms with van der Waals surface area (Å²) in [6.45, 7) is 4.33. The van der Waals surface area contributed by atoms with Crippen LogP contribution >= 0.6 is 23.5 Å². The van der Waals surface area contributed by atoms with Crippen LogP contribution in [0.5, 0.6) is 0 Å². The molecule has 0 spiro atoms. The van der Waals surface area contributed by atoms with Crippen molar-refractivity contribution in [3.05, 3.63) is 35.4 Å². The van der Waals surface area contributed by atoms with E-state index in [-0.39, 0.29) is 0 Å². The summed E-state index contributed by atoms with van der Waals surface area (Å²) in [5.74, 6) is 0. The molecule has 1 atom stereocenters. The zero-order valence-corrected chi connectivity index (χ0v) is 13.3. The molecule has 108 valence electrons. The minimum atomic E-state index is -5.11. The Balaban J connectivity index is 3.10. The molecule has 1 rings (SSSR count). The van der Waals surface area contributed by atoms with Crippen LogP contribution in [0.15, 0.2) is 24.3 Å². The van der Waals surface area contributed by atoms with E-state index in [2.05, 4.69) is 20.5 Å². The van der Waals surface area contributed by atoms with Gasteiger partial charge in [-0.15, -0.1) is 0 Å². The highest BCUT2D eigenvalue weighted by Gasteiger charge is 2.54. The Morgan fingerprint density at radius 1 is 1.26 bits per heavy atom. The number of hydrogen-bond acceptors (Lipinski definition) is 2. The topological polar surface area (TPSA) is 46.5 Å². The molecule has 0 aliphatic heterocycles. The molecule has 0 saturated heterocycles. The van der Waals surface area contributed by atoms with Gasteiger partial charge in [-0.25, -0.2) is 0 Å². The van der Waals surface area contributed by atoms with Crippen molar-refractivity contribution >= 4 is 23.5 Å². The number of hydrogen-bond donors (Lipinski definition) is 1. The van der Waals surface area contributed by atoms with Crippen molar-refractivity contribution in [3.8, 4) is 0 Å². The highest BCUT2D eigenvalue weighted by Crippen LogP contribution is 2.64. The second-order valence-corrected chi connectivity index (χ2v) is 7.44. The van der Waals surface area contributed by atoms with Crippen LogP contribution in [0.2, 0.25) is 0 Å². The lowest BCUT2D eigenvalue weighted by Crippen LogP contribution is -2.24. The smallest absolute Gasteiger partial charge is 0.320 e. The summed E-state index contributed by atoms with van der Waals surface area (Å²) in [4.78, 5) is 9.53. The molecule has 1 N–H and O–H groups in total. The summed E-state index contributed by atoms with van der Waals surface area (Å²) in [5.41, 5.74) is -4.81. The zero-order chi connectivity index (χ0) is 14.9. The molecule has 19 heavy (non-hydrogen) atoms. The molecule has 0 heterocycles. The van der Waals surface area contributed by atoms with E-state index in [1.165, 1.54) is 32.9 Å². The van der Waals surface area contributed by atoms with Gasteiger partial charge in [0.2, 0.25) is 0 Å². The summed E-state index contributed by atoms with van der Waals surface area (Å²) in [7, 11) is -5.11. The van der Waals surface area contributed by atoms with Crippen LogP contribution in [0.3, 0.4) is 0 Å². The fourth-order valence-electron chi connectivity index (χ4n) is 1.39. The maximum atomic E-state index is 14.0. The highest BCUT2D eigenvalue weighted by atomic mass is 79.9. The lowest BCUT2D eigenvalue weighted by molar-refractivity contribution is 0.0160. The SMILES string of the molecule is CC(C)(C)OP(=O)(O)C(F)(F)c1ccc(CBr)cc1. The van der Waals surface area contributed by atoms with Gasteiger partial charge in [0.15, 0.2) is 0 Å². The summed E-state index contributed by atoms with van der Waals surface area (Å²) >= 11 is 3.20. The summed E-state index contributed by atoms with van der Waals surface area (Å²) in [6, 6.07) is 5.20. The number of benzene rings is 1. The van der Waals surface area contributed by atoms with Crippen molar-refractivity contribution in [2.45, 2.75) is 37.4 Å². The molecule has 0 radical (unpaired) electrons. The first kappa shape index (κ1) is 16.8. The van der Waals surface area contributed by atoms with E-state index in [1.54, 1.807) is 0 Å². The van der Waals surface area contributed by atoms with Gasteiger partial charge in [-0.1, -0.05) is 40.2 Å². The van der Waals surface area contributed by atoms with Gasteiger partial charge in [0, 0.05) is 10.9 Å². The Morgan fingerprint density at radius 3 is 2.11 bits per heavy atom. The molecular weight excluding hydrogens is 341 g/mol.